The maximum absolute atomic E-state index is 12.2. The van der Waals surface area contributed by atoms with E-state index in [1.165, 1.54) is 5.69 Å². The van der Waals surface area contributed by atoms with Crippen LogP contribution >= 0.6 is 0 Å². The minimum Gasteiger partial charge on any atom is -0.342 e. The van der Waals surface area contributed by atoms with Gasteiger partial charge in [-0.2, -0.15) is 5.10 Å². The van der Waals surface area contributed by atoms with Crippen LogP contribution in [-0.2, 0) is 11.8 Å². The number of piperidine rings is 1. The molecule has 2 heterocycles. The highest BCUT2D eigenvalue weighted by Gasteiger charge is 2.27. The lowest BCUT2D eigenvalue weighted by Gasteiger charge is -2.33. The van der Waals surface area contributed by atoms with Crippen molar-refractivity contribution in [2.24, 2.45) is 13.0 Å². The third-order valence-electron chi connectivity index (χ3n) is 4.02. The summed E-state index contributed by atoms with van der Waals surface area (Å²) in [6.07, 6.45) is 3.93. The summed E-state index contributed by atoms with van der Waals surface area (Å²) in [7, 11) is 3.88. The second kappa shape index (κ2) is 6.19. The molecule has 0 aliphatic carbocycles. The average molecular weight is 264 g/mol. The quantitative estimate of drug-likeness (QED) is 0.882. The molecule has 0 aromatic carbocycles. The molecule has 0 bridgehead atoms. The van der Waals surface area contributed by atoms with Gasteiger partial charge in [-0.15, -0.1) is 0 Å². The summed E-state index contributed by atoms with van der Waals surface area (Å²) in [5.41, 5.74) is 1.29. The fourth-order valence-electron chi connectivity index (χ4n) is 2.89. The van der Waals surface area contributed by atoms with E-state index in [1.54, 1.807) is 0 Å². The number of hydrogen-bond donors (Lipinski definition) is 1. The molecule has 1 fully saturated rings. The van der Waals surface area contributed by atoms with Crippen molar-refractivity contribution in [1.29, 1.82) is 0 Å². The lowest BCUT2D eigenvalue weighted by molar-refractivity contribution is -0.135. The number of amides is 1. The average Bonchev–Trinajstić information content (AvgIpc) is 2.84. The van der Waals surface area contributed by atoms with Crippen LogP contribution in [0.2, 0.25) is 0 Å². The van der Waals surface area contributed by atoms with Crippen molar-refractivity contribution in [2.45, 2.75) is 25.7 Å². The van der Waals surface area contributed by atoms with Crippen molar-refractivity contribution in [3.05, 3.63) is 18.0 Å². The summed E-state index contributed by atoms with van der Waals surface area (Å²) >= 11 is 0. The molecule has 0 spiro atoms. The van der Waals surface area contributed by atoms with Crippen molar-refractivity contribution >= 4 is 5.91 Å². The van der Waals surface area contributed by atoms with Gasteiger partial charge in [0.2, 0.25) is 5.91 Å². The molecule has 0 unspecified atom stereocenters. The van der Waals surface area contributed by atoms with E-state index in [-0.39, 0.29) is 11.8 Å². The monoisotopic (exact) mass is 264 g/mol. The van der Waals surface area contributed by atoms with Gasteiger partial charge in [-0.05, 0) is 26.0 Å². The Kier molecular flexibility index (Phi) is 4.58. The van der Waals surface area contributed by atoms with Crippen LogP contribution in [0.1, 0.15) is 31.4 Å². The van der Waals surface area contributed by atoms with E-state index in [2.05, 4.69) is 16.5 Å². The first kappa shape index (κ1) is 14.1. The predicted molar refractivity (Wildman–Crippen MR) is 74.9 cm³/mol. The molecule has 1 N–H and O–H groups in total. The van der Waals surface area contributed by atoms with Crippen LogP contribution in [0.15, 0.2) is 12.3 Å². The first-order valence-corrected chi connectivity index (χ1v) is 7.04. The van der Waals surface area contributed by atoms with Crippen LogP contribution in [0.5, 0.6) is 0 Å². The summed E-state index contributed by atoms with van der Waals surface area (Å²) in [4.78, 5) is 14.2. The van der Waals surface area contributed by atoms with E-state index in [0.717, 1.165) is 32.5 Å². The van der Waals surface area contributed by atoms with E-state index in [1.807, 2.05) is 36.8 Å². The van der Waals surface area contributed by atoms with Gasteiger partial charge < -0.3 is 10.2 Å². The second-order valence-electron chi connectivity index (χ2n) is 5.44. The number of carbonyl (C=O) groups excluding carboxylic acids is 1. The Morgan fingerprint density at radius 1 is 1.53 bits per heavy atom. The van der Waals surface area contributed by atoms with Gasteiger partial charge in [0.15, 0.2) is 0 Å². The number of likely N-dealkylation sites (tertiary alicyclic amines) is 1. The summed E-state index contributed by atoms with van der Waals surface area (Å²) in [5, 5.41) is 7.29. The second-order valence-corrected chi connectivity index (χ2v) is 5.44. The van der Waals surface area contributed by atoms with Gasteiger partial charge in [0, 0.05) is 50.4 Å². The Bertz CT molecular complexity index is 421. The van der Waals surface area contributed by atoms with Crippen LogP contribution in [0, 0.1) is 5.92 Å². The fourth-order valence-corrected chi connectivity index (χ4v) is 2.89. The van der Waals surface area contributed by atoms with Gasteiger partial charge in [0.1, 0.15) is 0 Å². The molecular formula is C14H24N4O. The Hall–Kier alpha value is -1.36. The Morgan fingerprint density at radius 2 is 2.21 bits per heavy atom. The van der Waals surface area contributed by atoms with Gasteiger partial charge in [-0.1, -0.05) is 6.92 Å². The van der Waals surface area contributed by atoms with Crippen molar-refractivity contribution in [3.63, 3.8) is 0 Å². The molecule has 0 radical (unpaired) electrons. The Morgan fingerprint density at radius 3 is 2.74 bits per heavy atom. The van der Waals surface area contributed by atoms with Gasteiger partial charge in [0.05, 0.1) is 0 Å². The molecule has 1 saturated heterocycles. The maximum atomic E-state index is 12.2. The molecule has 1 aliphatic rings. The minimum absolute atomic E-state index is 0.0678. The highest BCUT2D eigenvalue weighted by Crippen LogP contribution is 2.27. The zero-order valence-corrected chi connectivity index (χ0v) is 12.1. The normalized spacial score (nSPS) is 18.6. The molecule has 0 saturated carbocycles. The SMILES string of the molecule is CNC[C@@H](C)C(=O)N1CCC(c2ccnn2C)CC1. The molecule has 1 aliphatic heterocycles. The zero-order chi connectivity index (χ0) is 13.8. The molecule has 106 valence electrons. The lowest BCUT2D eigenvalue weighted by atomic mass is 9.93. The van der Waals surface area contributed by atoms with Crippen LogP contribution in [0.4, 0.5) is 0 Å². The Balaban J connectivity index is 1.89. The molecule has 1 aromatic rings. The van der Waals surface area contributed by atoms with Crippen molar-refractivity contribution in [2.75, 3.05) is 26.7 Å². The Labute approximate surface area is 115 Å². The molecule has 1 amide bonds. The smallest absolute Gasteiger partial charge is 0.226 e. The molecule has 19 heavy (non-hydrogen) atoms. The van der Waals surface area contributed by atoms with Gasteiger partial charge in [0.25, 0.3) is 0 Å². The largest absolute Gasteiger partial charge is 0.342 e. The number of nitrogens with zero attached hydrogens (tertiary/aromatic N) is 3. The highest BCUT2D eigenvalue weighted by molar-refractivity contribution is 5.78. The van der Waals surface area contributed by atoms with Gasteiger partial charge in [-0.3, -0.25) is 9.48 Å². The molecule has 2 rings (SSSR count). The highest BCUT2D eigenvalue weighted by atomic mass is 16.2. The number of aromatic nitrogens is 2. The molecule has 1 aromatic heterocycles. The maximum Gasteiger partial charge on any atom is 0.226 e. The first-order chi connectivity index (χ1) is 9.13. The topological polar surface area (TPSA) is 50.2 Å². The van der Waals surface area contributed by atoms with E-state index < -0.39 is 0 Å². The lowest BCUT2D eigenvalue weighted by Crippen LogP contribution is -2.43. The van der Waals surface area contributed by atoms with Gasteiger partial charge >= 0.3 is 0 Å². The predicted octanol–water partition coefficient (Wildman–Crippen LogP) is 0.982. The van der Waals surface area contributed by atoms with Crippen molar-refractivity contribution in [3.8, 4) is 0 Å². The number of hydrogen-bond acceptors (Lipinski definition) is 3. The number of rotatable bonds is 4. The van der Waals surface area contributed by atoms with E-state index in [4.69, 9.17) is 0 Å². The standard InChI is InChI=1S/C14H24N4O/c1-11(10-15-2)14(19)18-8-5-12(6-9-18)13-4-7-16-17(13)3/h4,7,11-12,15H,5-6,8-10H2,1-3H3/t11-/m1/s1. The number of nitrogens with one attached hydrogen (secondary N) is 1. The van der Waals surface area contributed by atoms with Crippen LogP contribution in [-0.4, -0.2) is 47.3 Å². The summed E-state index contributed by atoms with van der Waals surface area (Å²) in [6.45, 7) is 4.47. The summed E-state index contributed by atoms with van der Waals surface area (Å²) in [6, 6.07) is 2.09. The van der Waals surface area contributed by atoms with Crippen LogP contribution in [0.25, 0.3) is 0 Å². The van der Waals surface area contributed by atoms with Gasteiger partial charge in [-0.25, -0.2) is 0 Å². The molecule has 5 heteroatoms. The zero-order valence-electron chi connectivity index (χ0n) is 12.1. The minimum atomic E-state index is 0.0678. The van der Waals surface area contributed by atoms with E-state index >= 15 is 0 Å². The third-order valence-corrected chi connectivity index (χ3v) is 4.02. The van der Waals surface area contributed by atoms with Crippen LogP contribution < -0.4 is 5.32 Å². The van der Waals surface area contributed by atoms with E-state index in [9.17, 15) is 4.79 Å². The molecular weight excluding hydrogens is 240 g/mol. The number of aryl methyl sites for hydroxylation is 1. The third kappa shape index (κ3) is 3.15. The molecule has 5 nitrogen and oxygen atoms in total. The van der Waals surface area contributed by atoms with Crippen molar-refractivity contribution < 1.29 is 4.79 Å². The van der Waals surface area contributed by atoms with E-state index in [0.29, 0.717) is 5.92 Å². The van der Waals surface area contributed by atoms with Crippen LogP contribution in [0.3, 0.4) is 0 Å². The summed E-state index contributed by atoms with van der Waals surface area (Å²) in [5.74, 6) is 0.882. The fraction of sp³-hybridized carbons (Fsp3) is 0.714. The summed E-state index contributed by atoms with van der Waals surface area (Å²) < 4.78 is 1.95. The number of carbonyl (C=O) groups is 1. The first-order valence-electron chi connectivity index (χ1n) is 7.04. The molecule has 1 atom stereocenters. The van der Waals surface area contributed by atoms with Crippen molar-refractivity contribution in [1.82, 2.24) is 20.0 Å².